The van der Waals surface area contributed by atoms with Gasteiger partial charge >= 0.3 is 6.09 Å². The van der Waals surface area contributed by atoms with E-state index in [1.54, 1.807) is 36.4 Å². The highest BCUT2D eigenvalue weighted by molar-refractivity contribution is 5.67. The Kier molecular flexibility index (Phi) is 6.58. The van der Waals surface area contributed by atoms with Crippen LogP contribution in [0, 0.1) is 0 Å². The summed E-state index contributed by atoms with van der Waals surface area (Å²) in [7, 11) is 0. The number of aromatic nitrogens is 3. The third-order valence-corrected chi connectivity index (χ3v) is 3.95. The van der Waals surface area contributed by atoms with Crippen LogP contribution in [-0.4, -0.2) is 33.5 Å². The Morgan fingerprint density at radius 2 is 2.03 bits per heavy atom. The number of nitrogens with two attached hydrogens (primary N) is 1. The topological polar surface area (TPSA) is 145 Å². The number of nitrogen functional groups attached to an aromatic ring is 1. The number of carbonyl (C=O) groups excluding carboxylic acids is 2. The van der Waals surface area contributed by atoms with Crippen LogP contribution in [-0.2, 0) is 16.1 Å². The summed E-state index contributed by atoms with van der Waals surface area (Å²) in [5.74, 6) is 0.544. The zero-order chi connectivity index (χ0) is 21.5. The fraction of sp³-hybridized carbons (Fsp3) is 0.250. The van der Waals surface area contributed by atoms with Crippen LogP contribution in [0.25, 0.3) is 11.5 Å². The Morgan fingerprint density at radius 1 is 1.20 bits per heavy atom. The second kappa shape index (κ2) is 9.50. The maximum atomic E-state index is 11.7. The standard InChI is InChI=1S/C20H22N6O4/c1-12(2)23-20(28)30-10-13-5-3-6-14(24-13)18(22-11-27)16-9-15(25-19(21)26-16)17-7-4-8-29-17/h3-9,11-12,18H,10H2,1-2H3,(H,22,27)(H,23,28)(H2,21,25,26). The molecule has 3 heterocycles. The molecule has 3 aromatic heterocycles. The van der Waals surface area contributed by atoms with Crippen LogP contribution in [0.5, 0.6) is 0 Å². The number of ether oxygens (including phenoxy) is 1. The summed E-state index contributed by atoms with van der Waals surface area (Å²) in [5, 5.41) is 5.33. The van der Waals surface area contributed by atoms with Gasteiger partial charge in [0, 0.05) is 6.04 Å². The van der Waals surface area contributed by atoms with Gasteiger partial charge < -0.3 is 25.5 Å². The Balaban J connectivity index is 1.86. The van der Waals surface area contributed by atoms with E-state index in [1.807, 2.05) is 13.8 Å². The van der Waals surface area contributed by atoms with Crippen LogP contribution in [0.1, 0.15) is 37.0 Å². The average molecular weight is 410 g/mol. The normalized spacial score (nSPS) is 11.7. The van der Waals surface area contributed by atoms with E-state index in [-0.39, 0.29) is 18.6 Å². The molecular weight excluding hydrogens is 388 g/mol. The van der Waals surface area contributed by atoms with Gasteiger partial charge in [0.2, 0.25) is 12.4 Å². The van der Waals surface area contributed by atoms with Crippen molar-refractivity contribution >= 4 is 18.5 Å². The third-order valence-electron chi connectivity index (χ3n) is 3.95. The van der Waals surface area contributed by atoms with E-state index in [0.29, 0.717) is 34.9 Å². The smallest absolute Gasteiger partial charge is 0.407 e. The van der Waals surface area contributed by atoms with Crippen molar-refractivity contribution in [1.29, 1.82) is 0 Å². The van der Waals surface area contributed by atoms with Crippen molar-refractivity contribution in [3.05, 3.63) is 59.7 Å². The minimum Gasteiger partial charge on any atom is -0.463 e. The van der Waals surface area contributed by atoms with Crippen molar-refractivity contribution in [2.75, 3.05) is 5.73 Å². The molecule has 0 aliphatic rings. The average Bonchev–Trinajstić information content (AvgIpc) is 3.25. The maximum Gasteiger partial charge on any atom is 0.407 e. The quantitative estimate of drug-likeness (QED) is 0.479. The molecule has 156 valence electrons. The lowest BCUT2D eigenvalue weighted by Crippen LogP contribution is -2.30. The number of pyridine rings is 1. The molecular formula is C20H22N6O4. The molecule has 0 aromatic carbocycles. The fourth-order valence-electron chi connectivity index (χ4n) is 2.73. The summed E-state index contributed by atoms with van der Waals surface area (Å²) in [6.45, 7) is 3.64. The molecule has 4 N–H and O–H groups in total. The second-order valence-corrected chi connectivity index (χ2v) is 6.66. The first kappa shape index (κ1) is 20.8. The lowest BCUT2D eigenvalue weighted by Gasteiger charge is -2.17. The molecule has 1 unspecified atom stereocenters. The van der Waals surface area contributed by atoms with Crippen LogP contribution in [0.2, 0.25) is 0 Å². The van der Waals surface area contributed by atoms with Crippen molar-refractivity contribution in [3.8, 4) is 11.5 Å². The Hall–Kier alpha value is -3.95. The van der Waals surface area contributed by atoms with E-state index in [9.17, 15) is 9.59 Å². The Bertz CT molecular complexity index is 1010. The Morgan fingerprint density at radius 3 is 2.73 bits per heavy atom. The highest BCUT2D eigenvalue weighted by atomic mass is 16.5. The molecule has 3 rings (SSSR count). The zero-order valence-corrected chi connectivity index (χ0v) is 16.5. The van der Waals surface area contributed by atoms with Gasteiger partial charge in [0.05, 0.1) is 23.3 Å². The van der Waals surface area contributed by atoms with Crippen LogP contribution in [0.4, 0.5) is 10.7 Å². The lowest BCUT2D eigenvalue weighted by molar-refractivity contribution is -0.110. The maximum absolute atomic E-state index is 11.7. The molecule has 0 aliphatic heterocycles. The number of amides is 2. The number of hydrogen-bond donors (Lipinski definition) is 3. The molecule has 3 aromatic rings. The lowest BCUT2D eigenvalue weighted by atomic mass is 10.1. The SMILES string of the molecule is CC(C)NC(=O)OCc1cccc(C(NC=O)c2cc(-c3ccco3)nc(N)n2)n1. The zero-order valence-electron chi connectivity index (χ0n) is 16.5. The number of rotatable bonds is 8. The molecule has 2 amide bonds. The van der Waals surface area contributed by atoms with Gasteiger partial charge in [-0.3, -0.25) is 9.78 Å². The van der Waals surface area contributed by atoms with Gasteiger partial charge in [0.1, 0.15) is 18.3 Å². The van der Waals surface area contributed by atoms with E-state index in [2.05, 4.69) is 25.6 Å². The minimum absolute atomic E-state index is 0.0240. The summed E-state index contributed by atoms with van der Waals surface area (Å²) in [5.41, 5.74) is 7.78. The summed E-state index contributed by atoms with van der Waals surface area (Å²) in [4.78, 5) is 35.9. The first-order valence-corrected chi connectivity index (χ1v) is 9.23. The number of alkyl carbamates (subject to hydrolysis) is 1. The molecule has 0 saturated carbocycles. The minimum atomic E-state index is -0.689. The van der Waals surface area contributed by atoms with Crippen LogP contribution in [0.15, 0.2) is 47.1 Å². The van der Waals surface area contributed by atoms with Crippen molar-refractivity contribution in [2.24, 2.45) is 0 Å². The molecule has 0 saturated heterocycles. The van der Waals surface area contributed by atoms with E-state index in [0.717, 1.165) is 0 Å². The predicted octanol–water partition coefficient (Wildman–Crippen LogP) is 2.18. The molecule has 10 nitrogen and oxygen atoms in total. The molecule has 0 aliphatic carbocycles. The number of hydrogen-bond acceptors (Lipinski definition) is 8. The summed E-state index contributed by atoms with van der Waals surface area (Å²) in [6, 6.07) is 9.60. The third kappa shape index (κ3) is 5.31. The summed E-state index contributed by atoms with van der Waals surface area (Å²) >= 11 is 0. The van der Waals surface area contributed by atoms with Gasteiger partial charge in [-0.1, -0.05) is 6.07 Å². The molecule has 0 radical (unpaired) electrons. The molecule has 10 heteroatoms. The van der Waals surface area contributed by atoms with Gasteiger partial charge in [-0.25, -0.2) is 14.8 Å². The van der Waals surface area contributed by atoms with Crippen molar-refractivity contribution in [2.45, 2.75) is 32.5 Å². The molecule has 1 atom stereocenters. The van der Waals surface area contributed by atoms with Crippen molar-refractivity contribution in [1.82, 2.24) is 25.6 Å². The van der Waals surface area contributed by atoms with Gasteiger partial charge in [-0.15, -0.1) is 0 Å². The molecule has 0 fully saturated rings. The monoisotopic (exact) mass is 410 g/mol. The Labute approximate surface area is 172 Å². The van der Waals surface area contributed by atoms with Crippen LogP contribution >= 0.6 is 0 Å². The number of nitrogens with one attached hydrogen (secondary N) is 2. The van der Waals surface area contributed by atoms with E-state index in [4.69, 9.17) is 14.9 Å². The first-order chi connectivity index (χ1) is 14.5. The van der Waals surface area contributed by atoms with E-state index < -0.39 is 12.1 Å². The first-order valence-electron chi connectivity index (χ1n) is 9.23. The van der Waals surface area contributed by atoms with Crippen molar-refractivity contribution in [3.63, 3.8) is 0 Å². The second-order valence-electron chi connectivity index (χ2n) is 6.66. The summed E-state index contributed by atoms with van der Waals surface area (Å²) < 4.78 is 10.5. The van der Waals surface area contributed by atoms with E-state index in [1.165, 1.54) is 6.26 Å². The molecule has 0 bridgehead atoms. The van der Waals surface area contributed by atoms with Gasteiger partial charge in [0.25, 0.3) is 0 Å². The fourth-order valence-corrected chi connectivity index (χ4v) is 2.73. The van der Waals surface area contributed by atoms with Gasteiger partial charge in [0.15, 0.2) is 5.76 Å². The van der Waals surface area contributed by atoms with Gasteiger partial charge in [-0.2, -0.15) is 0 Å². The van der Waals surface area contributed by atoms with Crippen LogP contribution < -0.4 is 16.4 Å². The number of nitrogens with zero attached hydrogens (tertiary/aromatic N) is 3. The summed E-state index contributed by atoms with van der Waals surface area (Å²) in [6.07, 6.45) is 1.54. The largest absolute Gasteiger partial charge is 0.463 e. The number of furan rings is 1. The van der Waals surface area contributed by atoms with Crippen LogP contribution in [0.3, 0.4) is 0 Å². The predicted molar refractivity (Wildman–Crippen MR) is 108 cm³/mol. The molecule has 30 heavy (non-hydrogen) atoms. The highest BCUT2D eigenvalue weighted by Gasteiger charge is 2.20. The van der Waals surface area contributed by atoms with Gasteiger partial charge in [-0.05, 0) is 44.2 Å². The number of carbonyl (C=O) groups is 2. The number of anilines is 1. The van der Waals surface area contributed by atoms with Crippen molar-refractivity contribution < 1.29 is 18.7 Å². The molecule has 0 spiro atoms. The highest BCUT2D eigenvalue weighted by Crippen LogP contribution is 2.25. The van der Waals surface area contributed by atoms with E-state index >= 15 is 0 Å².